The van der Waals surface area contributed by atoms with Crippen molar-refractivity contribution in [2.75, 3.05) is 27.1 Å². The number of benzene rings is 1. The first-order valence-electron chi connectivity index (χ1n) is 10.9. The van der Waals surface area contributed by atoms with E-state index < -0.39 is 6.10 Å². The first-order valence-corrected chi connectivity index (χ1v) is 10.9. The summed E-state index contributed by atoms with van der Waals surface area (Å²) in [4.78, 5) is 2.49. The molecule has 6 unspecified atom stereocenters. The fraction of sp³-hybridized carbons (Fsp3) is 0.727. The average molecular weight is 403 g/mol. The predicted molar refractivity (Wildman–Crippen MR) is 103 cm³/mol. The molecule has 29 heavy (non-hydrogen) atoms. The van der Waals surface area contributed by atoms with Crippen LogP contribution in [0.3, 0.4) is 0 Å². The molecule has 0 aromatic heterocycles. The third-order valence-electron chi connectivity index (χ3n) is 7.69. The zero-order valence-corrected chi connectivity index (χ0v) is 16.9. The van der Waals surface area contributed by atoms with Gasteiger partial charge in [0.05, 0.1) is 19.3 Å². The van der Waals surface area contributed by atoms with Gasteiger partial charge in [-0.15, -0.1) is 0 Å². The van der Waals surface area contributed by atoms with Gasteiger partial charge in [0.25, 0.3) is 0 Å². The lowest BCUT2D eigenvalue weighted by Gasteiger charge is -2.52. The molecule has 0 spiro atoms. The maximum atomic E-state index is 11.5. The Morgan fingerprint density at radius 1 is 1.24 bits per heavy atom. The van der Waals surface area contributed by atoms with Crippen LogP contribution in [-0.2, 0) is 21.4 Å². The molecule has 1 N–H and O–H groups in total. The number of hydrogen-bond acceptors (Lipinski definition) is 7. The number of rotatable bonds is 3. The molecule has 1 aliphatic carbocycles. The molecule has 0 amide bonds. The lowest BCUT2D eigenvalue weighted by Crippen LogP contribution is -2.59. The standard InChI is InChI=1S/C22H29NO6/c1-25-20-14-11-23-6-5-22(15(14)10-16-21(20)28-12-27-16)17(23)8-13(9-18(22)24)29-19-4-2-3-7-26-19/h10,13,17-19,24H,2-9,11-12H2,1H3. The van der Waals surface area contributed by atoms with Gasteiger partial charge in [0.15, 0.2) is 17.8 Å². The van der Waals surface area contributed by atoms with Crippen LogP contribution >= 0.6 is 0 Å². The molecular weight excluding hydrogens is 374 g/mol. The highest BCUT2D eigenvalue weighted by Crippen LogP contribution is 2.58. The second-order valence-corrected chi connectivity index (χ2v) is 8.99. The van der Waals surface area contributed by atoms with Crippen molar-refractivity contribution in [2.24, 2.45) is 0 Å². The molecule has 1 aromatic rings. The Balaban J connectivity index is 1.35. The van der Waals surface area contributed by atoms with Gasteiger partial charge in [-0.05, 0) is 50.3 Å². The third-order valence-corrected chi connectivity index (χ3v) is 7.69. The summed E-state index contributed by atoms with van der Waals surface area (Å²) in [6.07, 6.45) is 5.17. The van der Waals surface area contributed by atoms with Crippen LogP contribution in [0.15, 0.2) is 6.07 Å². The van der Waals surface area contributed by atoms with Crippen molar-refractivity contribution in [3.8, 4) is 17.2 Å². The van der Waals surface area contributed by atoms with Gasteiger partial charge in [0, 0.05) is 36.6 Å². The quantitative estimate of drug-likeness (QED) is 0.831. The fourth-order valence-corrected chi connectivity index (χ4v) is 6.40. The van der Waals surface area contributed by atoms with Gasteiger partial charge in [-0.25, -0.2) is 0 Å². The van der Waals surface area contributed by atoms with E-state index in [1.165, 1.54) is 5.56 Å². The lowest BCUT2D eigenvalue weighted by atomic mass is 9.61. The molecule has 0 radical (unpaired) electrons. The van der Waals surface area contributed by atoms with Crippen LogP contribution in [0.2, 0.25) is 0 Å². The molecule has 1 aromatic carbocycles. The minimum Gasteiger partial charge on any atom is -0.492 e. The Bertz CT molecular complexity index is 809. The Labute approximate surface area is 170 Å². The normalized spacial score (nSPS) is 39.7. The van der Waals surface area contributed by atoms with Crippen molar-refractivity contribution in [1.82, 2.24) is 4.90 Å². The van der Waals surface area contributed by atoms with E-state index in [1.807, 2.05) is 0 Å². The van der Waals surface area contributed by atoms with Gasteiger partial charge in [0.2, 0.25) is 12.5 Å². The summed E-state index contributed by atoms with van der Waals surface area (Å²) in [5, 5.41) is 11.5. The summed E-state index contributed by atoms with van der Waals surface area (Å²) < 4.78 is 29.2. The molecule has 4 aliphatic heterocycles. The van der Waals surface area contributed by atoms with Gasteiger partial charge in [-0.3, -0.25) is 4.90 Å². The highest BCUT2D eigenvalue weighted by Gasteiger charge is 2.60. The van der Waals surface area contributed by atoms with Gasteiger partial charge in [-0.2, -0.15) is 0 Å². The molecule has 2 saturated heterocycles. The Morgan fingerprint density at radius 2 is 2.17 bits per heavy atom. The van der Waals surface area contributed by atoms with E-state index in [1.54, 1.807) is 7.11 Å². The van der Waals surface area contributed by atoms with E-state index in [0.717, 1.165) is 68.9 Å². The zero-order valence-electron chi connectivity index (χ0n) is 16.9. The van der Waals surface area contributed by atoms with Crippen LogP contribution in [0.4, 0.5) is 0 Å². The van der Waals surface area contributed by atoms with Crippen molar-refractivity contribution in [3.63, 3.8) is 0 Å². The van der Waals surface area contributed by atoms with Crippen LogP contribution in [0.1, 0.15) is 49.7 Å². The number of hydrogen-bond donors (Lipinski definition) is 1. The van der Waals surface area contributed by atoms with Crippen molar-refractivity contribution in [2.45, 2.75) is 75.0 Å². The van der Waals surface area contributed by atoms with Crippen LogP contribution in [0.25, 0.3) is 0 Å². The van der Waals surface area contributed by atoms with Crippen LogP contribution in [0.5, 0.6) is 17.2 Å². The number of aliphatic hydroxyl groups excluding tert-OH is 1. The van der Waals surface area contributed by atoms with E-state index >= 15 is 0 Å². The number of methoxy groups -OCH3 is 1. The molecule has 158 valence electrons. The molecular formula is C22H29NO6. The fourth-order valence-electron chi connectivity index (χ4n) is 6.40. The average Bonchev–Trinajstić information content (AvgIpc) is 3.30. The Hall–Kier alpha value is -1.54. The monoisotopic (exact) mass is 403 g/mol. The van der Waals surface area contributed by atoms with E-state index in [4.69, 9.17) is 23.7 Å². The second kappa shape index (κ2) is 6.74. The summed E-state index contributed by atoms with van der Waals surface area (Å²) in [7, 11) is 1.68. The molecule has 7 nitrogen and oxygen atoms in total. The smallest absolute Gasteiger partial charge is 0.231 e. The molecule has 4 heterocycles. The Kier molecular flexibility index (Phi) is 4.24. The maximum Gasteiger partial charge on any atom is 0.231 e. The van der Waals surface area contributed by atoms with E-state index in [9.17, 15) is 5.11 Å². The topological polar surface area (TPSA) is 69.6 Å². The number of fused-ring (bicyclic) bond motifs is 2. The SMILES string of the molecule is COc1c2c(cc3c1OCO3)C13CCN(C2)C1CC(OC1CCCCO1)CC3O. The van der Waals surface area contributed by atoms with Gasteiger partial charge >= 0.3 is 0 Å². The number of nitrogens with zero attached hydrogens (tertiary/aromatic N) is 1. The summed E-state index contributed by atoms with van der Waals surface area (Å²) >= 11 is 0. The van der Waals surface area contributed by atoms with Gasteiger partial charge in [0.1, 0.15) is 0 Å². The zero-order chi connectivity index (χ0) is 19.6. The molecule has 1 saturated carbocycles. The highest BCUT2D eigenvalue weighted by molar-refractivity contribution is 5.63. The summed E-state index contributed by atoms with van der Waals surface area (Å²) in [6, 6.07) is 2.36. The minimum atomic E-state index is -0.469. The molecule has 2 bridgehead atoms. The van der Waals surface area contributed by atoms with E-state index in [2.05, 4.69) is 11.0 Å². The van der Waals surface area contributed by atoms with Crippen molar-refractivity contribution in [3.05, 3.63) is 17.2 Å². The minimum absolute atomic E-state index is 0.0317. The van der Waals surface area contributed by atoms with Gasteiger partial charge in [-0.1, -0.05) is 0 Å². The first kappa shape index (κ1) is 18.2. The molecule has 5 aliphatic rings. The van der Waals surface area contributed by atoms with Crippen molar-refractivity contribution < 1.29 is 28.8 Å². The molecule has 6 rings (SSSR count). The maximum absolute atomic E-state index is 11.5. The largest absolute Gasteiger partial charge is 0.492 e. The van der Waals surface area contributed by atoms with Crippen molar-refractivity contribution >= 4 is 0 Å². The molecule has 6 atom stereocenters. The summed E-state index contributed by atoms with van der Waals surface area (Å²) in [6.45, 7) is 2.77. The van der Waals surface area contributed by atoms with E-state index in [-0.39, 0.29) is 30.6 Å². The molecule has 7 heteroatoms. The summed E-state index contributed by atoms with van der Waals surface area (Å²) in [5.41, 5.74) is 2.02. The number of aliphatic hydroxyl groups is 1. The molecule has 3 fully saturated rings. The second-order valence-electron chi connectivity index (χ2n) is 8.99. The highest BCUT2D eigenvalue weighted by atomic mass is 16.7. The third kappa shape index (κ3) is 2.57. The van der Waals surface area contributed by atoms with Gasteiger partial charge < -0.3 is 28.8 Å². The van der Waals surface area contributed by atoms with Crippen molar-refractivity contribution in [1.29, 1.82) is 0 Å². The van der Waals surface area contributed by atoms with Crippen LogP contribution < -0.4 is 14.2 Å². The van der Waals surface area contributed by atoms with Crippen LogP contribution in [-0.4, -0.2) is 61.6 Å². The van der Waals surface area contributed by atoms with E-state index in [0.29, 0.717) is 12.2 Å². The summed E-state index contributed by atoms with van der Waals surface area (Å²) in [5.74, 6) is 2.19. The number of ether oxygens (including phenoxy) is 5. The predicted octanol–water partition coefficient (Wildman–Crippen LogP) is 2.32. The lowest BCUT2D eigenvalue weighted by molar-refractivity contribution is -0.207. The Morgan fingerprint density at radius 3 is 3.00 bits per heavy atom. The first-order chi connectivity index (χ1) is 14.2. The van der Waals surface area contributed by atoms with Crippen LogP contribution in [0, 0.1) is 0 Å².